The molecule has 2 atom stereocenters. The van der Waals surface area contributed by atoms with Gasteiger partial charge in [0, 0.05) is 31.4 Å². The summed E-state index contributed by atoms with van der Waals surface area (Å²) >= 11 is 0. The van der Waals surface area contributed by atoms with Gasteiger partial charge in [-0.15, -0.1) is 0 Å². The smallest absolute Gasteiger partial charge is 0.243 e. The lowest BCUT2D eigenvalue weighted by Gasteiger charge is -2.55. The van der Waals surface area contributed by atoms with Gasteiger partial charge in [0.25, 0.3) is 0 Å². The molecule has 2 unspecified atom stereocenters. The molecule has 3 aliphatic rings. The summed E-state index contributed by atoms with van der Waals surface area (Å²) in [5.74, 6) is 1.61. The van der Waals surface area contributed by atoms with Crippen molar-refractivity contribution in [2.75, 3.05) is 18.0 Å². The van der Waals surface area contributed by atoms with Crippen molar-refractivity contribution in [3.8, 4) is 0 Å². The van der Waals surface area contributed by atoms with Crippen LogP contribution in [-0.4, -0.2) is 47.9 Å². The molecule has 5 rings (SSSR count). The van der Waals surface area contributed by atoms with E-state index in [1.165, 1.54) is 0 Å². The number of aryl methyl sites for hydroxylation is 1. The van der Waals surface area contributed by atoms with E-state index in [0.29, 0.717) is 18.0 Å². The number of rotatable bonds is 3. The first-order chi connectivity index (χ1) is 11.1. The van der Waals surface area contributed by atoms with E-state index in [1.54, 1.807) is 34.8 Å². The summed E-state index contributed by atoms with van der Waals surface area (Å²) in [5, 5.41) is 0. The molecule has 1 aromatic carbocycles. The van der Waals surface area contributed by atoms with Gasteiger partial charge in [0.1, 0.15) is 11.6 Å². The van der Waals surface area contributed by atoms with Crippen LogP contribution < -0.4 is 4.90 Å². The number of fused-ring (bicyclic) bond motifs is 2. The van der Waals surface area contributed by atoms with Crippen LogP contribution in [0.1, 0.15) is 12.2 Å². The van der Waals surface area contributed by atoms with Crippen LogP contribution in [0.3, 0.4) is 0 Å². The van der Waals surface area contributed by atoms with Gasteiger partial charge in [-0.25, -0.2) is 18.4 Å². The van der Waals surface area contributed by atoms with Crippen molar-refractivity contribution in [3.63, 3.8) is 0 Å². The number of nitrogens with zero attached hydrogens (tertiary/aromatic N) is 4. The first-order valence-corrected chi connectivity index (χ1v) is 9.13. The normalized spacial score (nSPS) is 24.3. The summed E-state index contributed by atoms with van der Waals surface area (Å²) in [6.45, 7) is 3.22. The molecular formula is C16H18N4O2S. The Hall–Kier alpha value is -1.99. The van der Waals surface area contributed by atoms with E-state index in [0.717, 1.165) is 18.1 Å². The molecule has 0 amide bonds. The highest BCUT2D eigenvalue weighted by molar-refractivity contribution is 7.89. The van der Waals surface area contributed by atoms with Crippen molar-refractivity contribution in [1.82, 2.24) is 14.3 Å². The minimum Gasteiger partial charge on any atom is -0.353 e. The maximum absolute atomic E-state index is 12.8. The minimum atomic E-state index is -3.40. The summed E-state index contributed by atoms with van der Waals surface area (Å²) in [6, 6.07) is 10.6. The average Bonchev–Trinajstić information content (AvgIpc) is 2.55. The molecule has 0 N–H and O–H groups in total. The molecule has 7 heteroatoms. The van der Waals surface area contributed by atoms with Gasteiger partial charge in [-0.3, -0.25) is 0 Å². The molecule has 0 saturated carbocycles. The fourth-order valence-corrected chi connectivity index (χ4v) is 5.32. The second-order valence-electron chi connectivity index (χ2n) is 6.06. The Bertz CT molecular complexity index is 813. The van der Waals surface area contributed by atoms with Crippen molar-refractivity contribution in [1.29, 1.82) is 0 Å². The lowest BCUT2D eigenvalue weighted by Crippen LogP contribution is -2.70. The molecule has 0 spiro atoms. The molecule has 1 aromatic heterocycles. The number of aromatic nitrogens is 2. The number of hydrogen-bond donors (Lipinski definition) is 0. The Morgan fingerprint density at radius 3 is 2.43 bits per heavy atom. The first-order valence-electron chi connectivity index (χ1n) is 7.69. The molecule has 0 radical (unpaired) electrons. The molecule has 3 aliphatic heterocycles. The van der Waals surface area contributed by atoms with Crippen molar-refractivity contribution >= 4 is 15.8 Å². The van der Waals surface area contributed by atoms with Crippen molar-refractivity contribution in [3.05, 3.63) is 48.4 Å². The van der Waals surface area contributed by atoms with Crippen LogP contribution in [0.4, 0.5) is 5.82 Å². The van der Waals surface area contributed by atoms with Crippen LogP contribution in [0.15, 0.2) is 47.5 Å². The van der Waals surface area contributed by atoms with E-state index in [-0.39, 0.29) is 12.1 Å². The van der Waals surface area contributed by atoms with Crippen molar-refractivity contribution in [2.45, 2.75) is 30.3 Å². The maximum Gasteiger partial charge on any atom is 0.243 e. The molecule has 23 heavy (non-hydrogen) atoms. The fourth-order valence-electron chi connectivity index (χ4n) is 3.49. The van der Waals surface area contributed by atoms with E-state index in [2.05, 4.69) is 14.9 Å². The quantitative estimate of drug-likeness (QED) is 0.852. The Morgan fingerprint density at radius 2 is 1.78 bits per heavy atom. The van der Waals surface area contributed by atoms with Crippen molar-refractivity contribution < 1.29 is 8.42 Å². The van der Waals surface area contributed by atoms with Gasteiger partial charge < -0.3 is 4.90 Å². The molecule has 2 aromatic rings. The molecule has 3 fully saturated rings. The Kier molecular flexibility index (Phi) is 3.35. The van der Waals surface area contributed by atoms with Gasteiger partial charge >= 0.3 is 0 Å². The van der Waals surface area contributed by atoms with Gasteiger partial charge in [0.15, 0.2) is 0 Å². The Morgan fingerprint density at radius 1 is 1.09 bits per heavy atom. The van der Waals surface area contributed by atoms with Gasteiger partial charge in [-0.2, -0.15) is 4.31 Å². The van der Waals surface area contributed by atoms with Crippen LogP contribution >= 0.6 is 0 Å². The largest absolute Gasteiger partial charge is 0.353 e. The highest BCUT2D eigenvalue weighted by Gasteiger charge is 2.51. The van der Waals surface area contributed by atoms with E-state index < -0.39 is 10.0 Å². The third-order valence-electron chi connectivity index (χ3n) is 4.53. The summed E-state index contributed by atoms with van der Waals surface area (Å²) < 4.78 is 27.3. The summed E-state index contributed by atoms with van der Waals surface area (Å²) in [4.78, 5) is 11.1. The van der Waals surface area contributed by atoms with Crippen LogP contribution in [-0.2, 0) is 10.0 Å². The van der Waals surface area contributed by atoms with Crippen LogP contribution in [0.25, 0.3) is 0 Å². The van der Waals surface area contributed by atoms with E-state index in [1.807, 2.05) is 19.1 Å². The zero-order valence-corrected chi connectivity index (χ0v) is 13.6. The lowest BCUT2D eigenvalue weighted by molar-refractivity contribution is 0.0874. The Labute approximate surface area is 135 Å². The molecule has 6 nitrogen and oxygen atoms in total. The SMILES string of the molecule is Cc1nccc(N2CC3CC(C2)N3S(=O)(=O)c2ccccc2)n1. The zero-order chi connectivity index (χ0) is 16.0. The number of hydrogen-bond acceptors (Lipinski definition) is 5. The van der Waals surface area contributed by atoms with Crippen LogP contribution in [0.2, 0.25) is 0 Å². The average molecular weight is 330 g/mol. The van der Waals surface area contributed by atoms with Gasteiger partial charge in [-0.05, 0) is 31.5 Å². The van der Waals surface area contributed by atoms with Crippen molar-refractivity contribution in [2.24, 2.45) is 0 Å². The highest BCUT2D eigenvalue weighted by atomic mass is 32.2. The zero-order valence-electron chi connectivity index (χ0n) is 12.8. The van der Waals surface area contributed by atoms with Crippen LogP contribution in [0, 0.1) is 6.92 Å². The number of piperidine rings is 1. The molecule has 0 aliphatic carbocycles. The lowest BCUT2D eigenvalue weighted by atomic mass is 9.91. The number of piperazine rings is 1. The Balaban J connectivity index is 1.56. The second-order valence-corrected chi connectivity index (χ2v) is 7.90. The van der Waals surface area contributed by atoms with E-state index in [9.17, 15) is 8.42 Å². The van der Waals surface area contributed by atoms with Gasteiger partial charge in [-0.1, -0.05) is 18.2 Å². The topological polar surface area (TPSA) is 66.4 Å². The van der Waals surface area contributed by atoms with Crippen LogP contribution in [0.5, 0.6) is 0 Å². The predicted octanol–water partition coefficient (Wildman–Crippen LogP) is 1.44. The molecular weight excluding hydrogens is 312 g/mol. The summed E-state index contributed by atoms with van der Waals surface area (Å²) in [7, 11) is -3.40. The molecule has 3 saturated heterocycles. The van der Waals surface area contributed by atoms with Gasteiger partial charge in [0.2, 0.25) is 10.0 Å². The molecule has 4 heterocycles. The van der Waals surface area contributed by atoms with E-state index in [4.69, 9.17) is 0 Å². The minimum absolute atomic E-state index is 0.0224. The molecule has 2 bridgehead atoms. The van der Waals surface area contributed by atoms with Gasteiger partial charge in [0.05, 0.1) is 4.90 Å². The number of benzene rings is 1. The summed E-state index contributed by atoms with van der Waals surface area (Å²) in [6.07, 6.45) is 2.67. The number of sulfonamides is 1. The fraction of sp³-hybridized carbons (Fsp3) is 0.375. The molecule has 120 valence electrons. The third-order valence-corrected chi connectivity index (χ3v) is 6.55. The predicted molar refractivity (Wildman–Crippen MR) is 86.6 cm³/mol. The second kappa shape index (κ2) is 5.28. The monoisotopic (exact) mass is 330 g/mol. The summed E-state index contributed by atoms with van der Waals surface area (Å²) in [5.41, 5.74) is 0. The highest BCUT2D eigenvalue weighted by Crippen LogP contribution is 2.38. The standard InChI is InChI=1S/C16H18N4O2S/c1-12-17-8-7-16(18-12)19-10-13-9-14(11-19)20(13)23(21,22)15-5-3-2-4-6-15/h2-8,13-14H,9-11H2,1H3. The first kappa shape index (κ1) is 14.6. The number of anilines is 1. The third kappa shape index (κ3) is 2.40. The maximum atomic E-state index is 12.8. The van der Waals surface area contributed by atoms with E-state index >= 15 is 0 Å².